The summed E-state index contributed by atoms with van der Waals surface area (Å²) in [4.78, 5) is 0. The molecule has 6 fully saturated rings. The topological polar surface area (TPSA) is 475 Å². The van der Waals surface area contributed by atoms with Gasteiger partial charge in [-0.15, -0.1) is 0 Å². The van der Waals surface area contributed by atoms with E-state index in [-0.39, 0.29) is 0 Å². The highest BCUT2D eigenvalue weighted by Crippen LogP contribution is 2.36. The molecule has 6 rings (SSSR count). The van der Waals surface area contributed by atoms with Crippen LogP contribution in [0.3, 0.4) is 0 Å². The lowest BCUT2D eigenvalue weighted by atomic mass is 9.94. The number of hydrogen-bond donors (Lipinski definition) is 18. The van der Waals surface area contributed by atoms with Crippen molar-refractivity contribution in [1.82, 2.24) is 0 Å². The van der Waals surface area contributed by atoms with Crippen molar-refractivity contribution in [3.63, 3.8) is 0 Å². The molecule has 6 aliphatic rings. The molecule has 30 nitrogen and oxygen atoms in total. The molecule has 0 spiro atoms. The third kappa shape index (κ3) is 11.6. The Kier molecular flexibility index (Phi) is 20.0. The lowest BCUT2D eigenvalue weighted by Gasteiger charge is -2.49. The van der Waals surface area contributed by atoms with Gasteiger partial charge in [-0.25, -0.2) is 0 Å². The molecular formula is C38H66O30. The third-order valence-corrected chi connectivity index (χ3v) is 12.9. The molecule has 6 saturated heterocycles. The predicted octanol–water partition coefficient (Wildman–Crippen LogP) is -12.4. The summed E-state index contributed by atoms with van der Waals surface area (Å²) in [7, 11) is 1.17. The average Bonchev–Trinajstić information content (AvgIpc) is 3.33. The minimum atomic E-state index is -2.19. The molecule has 30 unspecified atom stereocenters. The Hall–Kier alpha value is -1.20. The van der Waals surface area contributed by atoms with E-state index in [1.807, 2.05) is 0 Å². The summed E-state index contributed by atoms with van der Waals surface area (Å²) in [6, 6.07) is 0. The molecule has 0 amide bonds. The number of aliphatic hydroxyl groups is 18. The maximum absolute atomic E-state index is 11.5. The van der Waals surface area contributed by atoms with Crippen LogP contribution < -0.4 is 0 Å². The van der Waals surface area contributed by atoms with Crippen molar-refractivity contribution in [3.05, 3.63) is 0 Å². The van der Waals surface area contributed by atoms with Crippen LogP contribution in [0.2, 0.25) is 0 Å². The summed E-state index contributed by atoms with van der Waals surface area (Å²) in [6.45, 7) is -3.46. The maximum Gasteiger partial charge on any atom is 0.187 e. The van der Waals surface area contributed by atoms with E-state index in [4.69, 9.17) is 56.8 Å². The highest BCUT2D eigenvalue weighted by atomic mass is 16.8. The van der Waals surface area contributed by atoms with Crippen LogP contribution in [0.4, 0.5) is 0 Å². The van der Waals surface area contributed by atoms with Gasteiger partial charge in [0, 0.05) is 7.11 Å². The molecule has 0 aromatic heterocycles. The molecule has 68 heavy (non-hydrogen) atoms. The van der Waals surface area contributed by atoms with Crippen LogP contribution in [0.15, 0.2) is 0 Å². The second-order valence-electron chi connectivity index (χ2n) is 17.4. The van der Waals surface area contributed by atoms with E-state index in [0.29, 0.717) is 0 Å². The minimum absolute atomic E-state index is 0.630. The predicted molar refractivity (Wildman–Crippen MR) is 207 cm³/mol. The van der Waals surface area contributed by atoms with Crippen molar-refractivity contribution in [3.8, 4) is 0 Å². The summed E-state index contributed by atoms with van der Waals surface area (Å²) in [5, 5.41) is 190. The Bertz CT molecular complexity index is 1520. The fourth-order valence-electron chi connectivity index (χ4n) is 8.79. The largest absolute Gasteiger partial charge is 0.394 e. The maximum atomic E-state index is 11.5. The minimum Gasteiger partial charge on any atom is -0.394 e. The lowest BCUT2D eigenvalue weighted by Crippen LogP contribution is -2.67. The van der Waals surface area contributed by atoms with Gasteiger partial charge in [0.2, 0.25) is 0 Å². The fraction of sp³-hybridized carbons (Fsp3) is 1.00. The second-order valence-corrected chi connectivity index (χ2v) is 17.4. The molecule has 30 atom stereocenters. The van der Waals surface area contributed by atoms with Gasteiger partial charge in [-0.1, -0.05) is 0 Å². The van der Waals surface area contributed by atoms with Gasteiger partial charge < -0.3 is 149 Å². The number of ether oxygens (including phenoxy) is 12. The zero-order chi connectivity index (χ0) is 50.0. The Labute approximate surface area is 386 Å². The average molecular weight is 1000 g/mol. The lowest BCUT2D eigenvalue weighted by molar-refractivity contribution is -0.390. The van der Waals surface area contributed by atoms with Crippen LogP contribution in [0.25, 0.3) is 0 Å². The van der Waals surface area contributed by atoms with Gasteiger partial charge in [-0.05, 0) is 6.92 Å². The van der Waals surface area contributed by atoms with Crippen LogP contribution >= 0.6 is 0 Å². The number of rotatable bonds is 17. The third-order valence-electron chi connectivity index (χ3n) is 12.9. The standard InChI is InChI=1S/C38H66O30/c1-9-16(43)21(48)32(14(60-9)7-58-34-25(52)19(46)17(44)10(3-39)61-34)67-37-28(55)23(50)31(13(6-42)64-37)66-38-29(56)24(51)33(68-36-27(54)22(49)30(57-2)12(5-41)63-36)15(65-38)8-59-35-26(53)20(47)18(45)11(4-40)62-35/h9-56H,3-8H2,1-2H3. The van der Waals surface area contributed by atoms with Gasteiger partial charge in [0.15, 0.2) is 31.5 Å². The highest BCUT2D eigenvalue weighted by molar-refractivity contribution is 4.99. The van der Waals surface area contributed by atoms with Gasteiger partial charge in [-0.2, -0.15) is 0 Å². The first-order valence-electron chi connectivity index (χ1n) is 21.8. The quantitative estimate of drug-likeness (QED) is 0.0643. The molecule has 30 heteroatoms. The monoisotopic (exact) mass is 1000 g/mol. The van der Waals surface area contributed by atoms with Crippen LogP contribution in [0.1, 0.15) is 6.92 Å². The van der Waals surface area contributed by atoms with Gasteiger partial charge in [0.25, 0.3) is 0 Å². The van der Waals surface area contributed by atoms with E-state index in [9.17, 15) is 91.9 Å². The molecule has 0 aliphatic carbocycles. The number of aliphatic hydroxyl groups excluding tert-OH is 18. The fourth-order valence-corrected chi connectivity index (χ4v) is 8.79. The smallest absolute Gasteiger partial charge is 0.187 e. The summed E-state index contributed by atoms with van der Waals surface area (Å²) in [6.07, 6.45) is -52.7. The second kappa shape index (κ2) is 24.2. The first kappa shape index (κ1) is 56.1. The molecular weight excluding hydrogens is 936 g/mol. The van der Waals surface area contributed by atoms with E-state index >= 15 is 0 Å². The van der Waals surface area contributed by atoms with Crippen LogP contribution in [-0.4, -0.2) is 323 Å². The van der Waals surface area contributed by atoms with Crippen molar-refractivity contribution in [2.24, 2.45) is 0 Å². The molecule has 6 heterocycles. The molecule has 0 aromatic carbocycles. The summed E-state index contributed by atoms with van der Waals surface area (Å²) in [5.41, 5.74) is 0. The molecule has 0 radical (unpaired) electrons. The van der Waals surface area contributed by atoms with Crippen molar-refractivity contribution in [2.45, 2.75) is 191 Å². The summed E-state index contributed by atoms with van der Waals surface area (Å²) < 4.78 is 67.5. The first-order valence-corrected chi connectivity index (χ1v) is 21.8. The van der Waals surface area contributed by atoms with E-state index in [1.165, 1.54) is 14.0 Å². The van der Waals surface area contributed by atoms with E-state index in [2.05, 4.69) is 0 Å². The Morgan fingerprint density at radius 1 is 0.309 bits per heavy atom. The Morgan fingerprint density at radius 3 is 0.985 bits per heavy atom. The Balaban J connectivity index is 1.18. The van der Waals surface area contributed by atoms with Crippen molar-refractivity contribution < 1.29 is 149 Å². The molecule has 6 aliphatic heterocycles. The molecule has 0 bridgehead atoms. The number of hydrogen-bond acceptors (Lipinski definition) is 30. The zero-order valence-corrected chi connectivity index (χ0v) is 36.5. The van der Waals surface area contributed by atoms with Crippen LogP contribution in [0.5, 0.6) is 0 Å². The Morgan fingerprint density at radius 2 is 0.603 bits per heavy atom. The molecule has 18 N–H and O–H groups in total. The molecule has 398 valence electrons. The highest BCUT2D eigenvalue weighted by Gasteiger charge is 2.56. The summed E-state index contributed by atoms with van der Waals surface area (Å²) in [5.74, 6) is 0. The van der Waals surface area contributed by atoms with E-state index in [1.54, 1.807) is 0 Å². The molecule has 0 aromatic rings. The van der Waals surface area contributed by atoms with Gasteiger partial charge in [0.1, 0.15) is 146 Å². The number of methoxy groups -OCH3 is 1. The first-order chi connectivity index (χ1) is 32.2. The summed E-state index contributed by atoms with van der Waals surface area (Å²) >= 11 is 0. The molecule has 0 saturated carbocycles. The van der Waals surface area contributed by atoms with Crippen LogP contribution in [0, 0.1) is 0 Å². The van der Waals surface area contributed by atoms with Gasteiger partial charge >= 0.3 is 0 Å². The van der Waals surface area contributed by atoms with Gasteiger partial charge in [0.05, 0.1) is 45.7 Å². The van der Waals surface area contributed by atoms with Crippen molar-refractivity contribution >= 4 is 0 Å². The van der Waals surface area contributed by atoms with Crippen molar-refractivity contribution in [2.75, 3.05) is 46.8 Å². The van der Waals surface area contributed by atoms with Crippen LogP contribution in [-0.2, 0) is 56.8 Å². The van der Waals surface area contributed by atoms with Crippen molar-refractivity contribution in [1.29, 1.82) is 0 Å². The SMILES string of the molecule is COC1C(CO)OC(OC2C(COC3OC(CO)C(O)C(O)C3O)OC(OC3C(CO)OC(OC4C(COC5OC(CO)C(O)C(O)C5O)OC(C)C(O)C4O)C(O)C3O)C(O)C2O)C(O)C1O. The van der Waals surface area contributed by atoms with Gasteiger partial charge in [-0.3, -0.25) is 0 Å². The van der Waals surface area contributed by atoms with E-state index < -0.39 is 224 Å². The normalized spacial score (nSPS) is 52.8. The zero-order valence-electron chi connectivity index (χ0n) is 36.5. The van der Waals surface area contributed by atoms with E-state index in [0.717, 1.165) is 0 Å².